The van der Waals surface area contributed by atoms with Gasteiger partial charge in [0.2, 0.25) is 0 Å². The number of aromatic amines is 1. The van der Waals surface area contributed by atoms with E-state index in [2.05, 4.69) is 10.3 Å². The van der Waals surface area contributed by atoms with Gasteiger partial charge in [0.25, 0.3) is 11.5 Å². The van der Waals surface area contributed by atoms with Gasteiger partial charge in [-0.25, -0.2) is 4.39 Å². The Kier molecular flexibility index (Phi) is 4.40. The van der Waals surface area contributed by atoms with Crippen molar-refractivity contribution < 1.29 is 9.18 Å². The Morgan fingerprint density at radius 2 is 2.25 bits per heavy atom. The van der Waals surface area contributed by atoms with Crippen LogP contribution in [0.5, 0.6) is 0 Å². The molecule has 5 nitrogen and oxygen atoms in total. The van der Waals surface area contributed by atoms with Gasteiger partial charge in [0, 0.05) is 0 Å². The number of nitriles is 1. The minimum atomic E-state index is -0.567. The zero-order chi connectivity index (χ0) is 17.3. The van der Waals surface area contributed by atoms with Gasteiger partial charge in [-0.2, -0.15) is 5.26 Å². The number of H-pyrrole nitrogens is 1. The predicted molar refractivity (Wildman–Crippen MR) is 88.5 cm³/mol. The highest BCUT2D eigenvalue weighted by molar-refractivity contribution is 7.98. The Balaban J connectivity index is 1.89. The number of aromatic nitrogens is 1. The van der Waals surface area contributed by atoms with Crippen LogP contribution < -0.4 is 10.9 Å². The van der Waals surface area contributed by atoms with Gasteiger partial charge in [-0.15, -0.1) is 11.8 Å². The number of carbonyl (C=O) groups excluding carboxylic acids is 1. The normalized spacial score (nSPS) is 15.6. The number of rotatable bonds is 3. The molecule has 0 bridgehead atoms. The van der Waals surface area contributed by atoms with E-state index in [1.54, 1.807) is 12.3 Å². The van der Waals surface area contributed by atoms with E-state index in [0.717, 1.165) is 17.5 Å². The molecule has 2 N–H and O–H groups in total. The van der Waals surface area contributed by atoms with Crippen LogP contribution in [-0.4, -0.2) is 17.1 Å². The molecule has 7 heteroatoms. The Bertz CT molecular complexity index is 917. The highest BCUT2D eigenvalue weighted by Gasteiger charge is 2.26. The lowest BCUT2D eigenvalue weighted by molar-refractivity contribution is 0.0935. The van der Waals surface area contributed by atoms with E-state index in [4.69, 9.17) is 5.26 Å². The minimum Gasteiger partial charge on any atom is -0.345 e. The van der Waals surface area contributed by atoms with Crippen molar-refractivity contribution in [2.45, 2.75) is 23.9 Å². The Labute approximate surface area is 141 Å². The van der Waals surface area contributed by atoms with Gasteiger partial charge in [0.1, 0.15) is 17.4 Å². The third-order valence-corrected chi connectivity index (χ3v) is 4.80. The summed E-state index contributed by atoms with van der Waals surface area (Å²) in [5, 5.41) is 12.3. The molecule has 3 rings (SSSR count). The molecule has 1 atom stereocenters. The zero-order valence-corrected chi connectivity index (χ0v) is 13.7. The number of hydrogen-bond donors (Lipinski definition) is 2. The fourth-order valence-corrected chi connectivity index (χ4v) is 3.40. The molecule has 1 aromatic heterocycles. The van der Waals surface area contributed by atoms with Crippen LogP contribution in [0.2, 0.25) is 0 Å². The molecule has 0 saturated heterocycles. The number of nitrogens with one attached hydrogen (secondary N) is 2. The van der Waals surface area contributed by atoms with E-state index in [0.29, 0.717) is 11.4 Å². The van der Waals surface area contributed by atoms with E-state index in [1.165, 1.54) is 30.0 Å². The molecule has 1 aromatic carbocycles. The van der Waals surface area contributed by atoms with Crippen LogP contribution in [0.3, 0.4) is 0 Å². The van der Waals surface area contributed by atoms with Gasteiger partial charge in [-0.1, -0.05) is 6.07 Å². The number of benzene rings is 1. The largest absolute Gasteiger partial charge is 0.345 e. The smallest absolute Gasteiger partial charge is 0.261 e. The molecule has 0 radical (unpaired) electrons. The third-order valence-electron chi connectivity index (χ3n) is 4.07. The third kappa shape index (κ3) is 2.93. The Morgan fingerprint density at radius 1 is 1.46 bits per heavy atom. The van der Waals surface area contributed by atoms with E-state index < -0.39 is 11.5 Å². The minimum absolute atomic E-state index is 0.116. The standard InChI is InChI=1S/C17H14FN3O2S/c1-24-17-10(8-19)6-13(16(23)21-17)15(22)20-14-5-3-9-2-4-11(18)7-12(9)14/h2,4,6-7,14H,3,5H2,1H3,(H,20,22)(H,21,23)/t14-/m1/s1. The average Bonchev–Trinajstić information content (AvgIpc) is 2.96. The molecule has 1 aliphatic rings. The lowest BCUT2D eigenvalue weighted by Crippen LogP contribution is -2.32. The maximum atomic E-state index is 13.4. The number of aryl methyl sites for hydroxylation is 1. The number of carbonyl (C=O) groups is 1. The van der Waals surface area contributed by atoms with E-state index in [1.807, 2.05) is 6.07 Å². The van der Waals surface area contributed by atoms with E-state index in [9.17, 15) is 14.0 Å². The zero-order valence-electron chi connectivity index (χ0n) is 12.9. The summed E-state index contributed by atoms with van der Waals surface area (Å²) >= 11 is 1.23. The van der Waals surface area contributed by atoms with Crippen molar-refractivity contribution in [2.24, 2.45) is 0 Å². The summed E-state index contributed by atoms with van der Waals surface area (Å²) in [6.07, 6.45) is 3.12. The first-order valence-corrected chi connectivity index (χ1v) is 8.56. The first kappa shape index (κ1) is 16.3. The SMILES string of the molecule is CSc1[nH]c(=O)c(C(=O)N[C@@H]2CCc3ccc(F)cc32)cc1C#N. The molecule has 0 spiro atoms. The summed E-state index contributed by atoms with van der Waals surface area (Å²) in [5.41, 5.74) is 1.31. The van der Waals surface area contributed by atoms with E-state index >= 15 is 0 Å². The fraction of sp³-hybridized carbons (Fsp3) is 0.235. The predicted octanol–water partition coefficient (Wildman–Crippen LogP) is 2.52. The molecule has 24 heavy (non-hydrogen) atoms. The molecule has 0 aliphatic heterocycles. The summed E-state index contributed by atoms with van der Waals surface area (Å²) in [6, 6.07) is 7.44. The Morgan fingerprint density at radius 3 is 2.96 bits per heavy atom. The van der Waals surface area contributed by atoms with Crippen LogP contribution >= 0.6 is 11.8 Å². The molecule has 0 saturated carbocycles. The monoisotopic (exact) mass is 343 g/mol. The first-order valence-electron chi connectivity index (χ1n) is 7.34. The second-order valence-electron chi connectivity index (χ2n) is 5.48. The highest BCUT2D eigenvalue weighted by Crippen LogP contribution is 2.31. The quantitative estimate of drug-likeness (QED) is 0.839. The molecule has 1 heterocycles. The summed E-state index contributed by atoms with van der Waals surface area (Å²) < 4.78 is 13.4. The van der Waals surface area contributed by atoms with Crippen molar-refractivity contribution >= 4 is 17.7 Å². The van der Waals surface area contributed by atoms with Crippen molar-refractivity contribution in [3.8, 4) is 6.07 Å². The number of amides is 1. The van der Waals surface area contributed by atoms with Crippen LogP contribution in [0.15, 0.2) is 34.1 Å². The average molecular weight is 343 g/mol. The first-order chi connectivity index (χ1) is 11.5. The van der Waals surface area contributed by atoms with E-state index in [-0.39, 0.29) is 23.0 Å². The highest BCUT2D eigenvalue weighted by atomic mass is 32.2. The summed E-state index contributed by atoms with van der Waals surface area (Å²) in [5.74, 6) is -0.925. The lowest BCUT2D eigenvalue weighted by atomic mass is 10.1. The molecule has 1 aliphatic carbocycles. The van der Waals surface area contributed by atoms with Crippen molar-refractivity contribution in [1.82, 2.24) is 10.3 Å². The summed E-state index contributed by atoms with van der Waals surface area (Å²) in [4.78, 5) is 27.1. The number of halogens is 1. The van der Waals surface area contributed by atoms with Crippen molar-refractivity contribution in [1.29, 1.82) is 5.26 Å². The summed E-state index contributed by atoms with van der Waals surface area (Å²) in [7, 11) is 0. The molecule has 0 fully saturated rings. The molecular weight excluding hydrogens is 329 g/mol. The second kappa shape index (κ2) is 6.49. The van der Waals surface area contributed by atoms with Gasteiger partial charge in [-0.3, -0.25) is 9.59 Å². The molecule has 122 valence electrons. The van der Waals surface area contributed by atoms with Gasteiger partial charge in [0.05, 0.1) is 16.6 Å². The van der Waals surface area contributed by atoms with Gasteiger partial charge in [0.15, 0.2) is 0 Å². The van der Waals surface area contributed by atoms with Crippen LogP contribution in [0.25, 0.3) is 0 Å². The van der Waals surface area contributed by atoms with Crippen LogP contribution in [0.1, 0.15) is 39.5 Å². The molecule has 1 amide bonds. The number of pyridine rings is 1. The maximum Gasteiger partial charge on any atom is 0.261 e. The molecule has 2 aromatic rings. The molecular formula is C17H14FN3O2S. The fourth-order valence-electron chi connectivity index (χ4n) is 2.89. The Hall–Kier alpha value is -2.59. The van der Waals surface area contributed by atoms with Crippen molar-refractivity contribution in [3.63, 3.8) is 0 Å². The second-order valence-corrected chi connectivity index (χ2v) is 6.30. The van der Waals surface area contributed by atoms with Crippen LogP contribution in [-0.2, 0) is 6.42 Å². The van der Waals surface area contributed by atoms with Gasteiger partial charge < -0.3 is 10.3 Å². The van der Waals surface area contributed by atoms with Crippen molar-refractivity contribution in [2.75, 3.05) is 6.26 Å². The number of fused-ring (bicyclic) bond motifs is 1. The van der Waals surface area contributed by atoms with Gasteiger partial charge in [-0.05, 0) is 48.4 Å². The number of thioether (sulfide) groups is 1. The van der Waals surface area contributed by atoms with Gasteiger partial charge >= 0.3 is 0 Å². The summed E-state index contributed by atoms with van der Waals surface area (Å²) in [6.45, 7) is 0. The van der Waals surface area contributed by atoms with Crippen LogP contribution in [0, 0.1) is 17.1 Å². The topological polar surface area (TPSA) is 85.8 Å². The van der Waals surface area contributed by atoms with Crippen LogP contribution in [0.4, 0.5) is 4.39 Å². The lowest BCUT2D eigenvalue weighted by Gasteiger charge is -2.14. The number of nitrogens with zero attached hydrogens (tertiary/aromatic N) is 1. The molecule has 0 unspecified atom stereocenters. The maximum absolute atomic E-state index is 13.4. The van der Waals surface area contributed by atoms with Crippen molar-refractivity contribution in [3.05, 3.63) is 62.7 Å². The number of hydrogen-bond acceptors (Lipinski definition) is 4.